The predicted molar refractivity (Wildman–Crippen MR) is 186 cm³/mol. The number of carbonyl (C=O) groups is 3. The molecule has 18 heteroatoms. The number of nitrogens with one attached hydrogen (secondary N) is 1. The number of carboxylic acid groups (broad SMARTS) is 1. The summed E-state index contributed by atoms with van der Waals surface area (Å²) in [6.07, 6.45) is 4.58. The van der Waals surface area contributed by atoms with E-state index in [0.717, 1.165) is 55.9 Å². The molecule has 0 aromatic rings. The lowest BCUT2D eigenvalue weighted by molar-refractivity contribution is -0.134. The molecular weight excluding hydrogens is 658 g/mol. The number of unbranched alkanes of at least 4 members (excludes halogenated alkanes) is 1. The number of Topliss-reactive ketones (excluding diaryl/α,β-unsaturated/α-hetero) is 1. The summed E-state index contributed by atoms with van der Waals surface area (Å²) < 4.78 is 10.2. The number of hydrogen-bond acceptors (Lipinski definition) is 13. The lowest BCUT2D eigenvalue weighted by Crippen LogP contribution is -2.25. The van der Waals surface area contributed by atoms with Gasteiger partial charge in [0.2, 0.25) is 5.91 Å². The van der Waals surface area contributed by atoms with E-state index in [1.165, 1.54) is 0 Å². The molecular formula is C22H52ClN5O6S6. The molecule has 0 aliphatic rings. The van der Waals surface area contributed by atoms with E-state index in [1.54, 1.807) is 56.5 Å². The first-order valence-electron chi connectivity index (χ1n) is 12.3. The maximum atomic E-state index is 11.7. The van der Waals surface area contributed by atoms with Gasteiger partial charge < -0.3 is 37.1 Å². The van der Waals surface area contributed by atoms with Crippen LogP contribution in [-0.4, -0.2) is 105 Å². The normalized spacial score (nSPS) is 10.3. The van der Waals surface area contributed by atoms with Gasteiger partial charge >= 0.3 is 0 Å². The van der Waals surface area contributed by atoms with Crippen LogP contribution in [0.15, 0.2) is 0 Å². The quantitative estimate of drug-likeness (QED) is 0.0702. The summed E-state index contributed by atoms with van der Waals surface area (Å²) in [6.45, 7) is 5.76. The van der Waals surface area contributed by atoms with Gasteiger partial charge in [0, 0.05) is 89.1 Å². The number of aliphatic carboxylic acids is 1. The average Bonchev–Trinajstić information content (AvgIpc) is 2.87. The van der Waals surface area contributed by atoms with Gasteiger partial charge in [-0.05, 0) is 30.3 Å². The minimum Gasteiger partial charge on any atom is -0.481 e. The van der Waals surface area contributed by atoms with Crippen LogP contribution in [0.4, 0.5) is 0 Å². The number of nitrogens with two attached hydrogens (primary N) is 4. The Kier molecular flexibility index (Phi) is 58.5. The molecule has 10 N–H and O–H groups in total. The van der Waals surface area contributed by atoms with E-state index < -0.39 is 5.97 Å². The van der Waals surface area contributed by atoms with E-state index in [0.29, 0.717) is 45.8 Å². The molecule has 244 valence electrons. The molecule has 1 atom stereocenters. The van der Waals surface area contributed by atoms with E-state index in [9.17, 15) is 9.59 Å². The van der Waals surface area contributed by atoms with Crippen molar-refractivity contribution in [2.24, 2.45) is 22.3 Å². The number of ketones is 1. The molecule has 0 radical (unpaired) electrons. The van der Waals surface area contributed by atoms with Gasteiger partial charge in [0.15, 0.2) is 0 Å². The van der Waals surface area contributed by atoms with E-state index in [1.807, 2.05) is 0 Å². The molecule has 0 saturated heterocycles. The summed E-state index contributed by atoms with van der Waals surface area (Å²) in [4.78, 5) is 32.3. The largest absolute Gasteiger partial charge is 0.481 e. The topological polar surface area (TPSA) is 206 Å². The third kappa shape index (κ3) is 71.7. The van der Waals surface area contributed by atoms with Crippen LogP contribution in [0, 0.1) is 0 Å². The number of ether oxygens (including phenoxy) is 2. The molecule has 0 fully saturated rings. The number of methoxy groups -OCH3 is 1. The van der Waals surface area contributed by atoms with Crippen molar-refractivity contribution in [3.8, 4) is 0 Å². The van der Waals surface area contributed by atoms with Crippen LogP contribution < -0.4 is 27.7 Å². The number of hydrogen-bond donors (Lipinski definition) is 6. The van der Waals surface area contributed by atoms with Crippen LogP contribution in [0.1, 0.15) is 39.0 Å². The molecule has 0 aliphatic heterocycles. The average molecular weight is 711 g/mol. The van der Waals surface area contributed by atoms with Crippen LogP contribution in [0.3, 0.4) is 0 Å². The monoisotopic (exact) mass is 709 g/mol. The highest BCUT2D eigenvalue weighted by Crippen LogP contribution is 2.19. The zero-order chi connectivity index (χ0) is 30.6. The smallest absolute Gasteiger partial charge is 0.300 e. The van der Waals surface area contributed by atoms with Crippen molar-refractivity contribution in [2.45, 2.75) is 39.0 Å². The minimum atomic E-state index is -0.833. The SMILES string of the molecule is CC(=O)O.COCCOCCCCC(=O)CCC(=O)NCCSSCCN.CS(N)=S.Cl.NCCSSCCN. The van der Waals surface area contributed by atoms with E-state index in [4.69, 9.17) is 41.7 Å². The summed E-state index contributed by atoms with van der Waals surface area (Å²) in [7, 11) is 8.35. The minimum absolute atomic E-state index is 0. The van der Waals surface area contributed by atoms with E-state index >= 15 is 0 Å². The highest BCUT2D eigenvalue weighted by molar-refractivity contribution is 8.77. The molecule has 0 aromatic heterocycles. The van der Waals surface area contributed by atoms with Gasteiger partial charge in [0.1, 0.15) is 5.78 Å². The molecule has 0 aliphatic carbocycles. The molecule has 0 saturated carbocycles. The lowest BCUT2D eigenvalue weighted by atomic mass is 10.1. The Morgan fingerprint density at radius 3 is 1.73 bits per heavy atom. The van der Waals surface area contributed by atoms with Crippen molar-refractivity contribution < 1.29 is 29.0 Å². The Labute approximate surface area is 270 Å². The third-order valence-electron chi connectivity index (χ3n) is 3.33. The lowest BCUT2D eigenvalue weighted by Gasteiger charge is -2.05. The molecule has 40 heavy (non-hydrogen) atoms. The van der Waals surface area contributed by atoms with E-state index in [2.05, 4.69) is 16.5 Å². The molecule has 11 nitrogen and oxygen atoms in total. The first kappa shape index (κ1) is 50.3. The zero-order valence-corrected chi connectivity index (χ0v) is 29.7. The molecule has 0 spiro atoms. The van der Waals surface area contributed by atoms with Crippen LogP contribution in [-0.2, 0) is 44.7 Å². The molecule has 1 unspecified atom stereocenters. The first-order chi connectivity index (χ1) is 18.6. The van der Waals surface area contributed by atoms with Crippen LogP contribution in [0.2, 0.25) is 0 Å². The second-order valence-corrected chi connectivity index (χ2v) is 15.1. The molecule has 0 bridgehead atoms. The van der Waals surface area contributed by atoms with Gasteiger partial charge in [-0.1, -0.05) is 52.8 Å². The zero-order valence-electron chi connectivity index (χ0n) is 24.0. The number of carbonyl (C=O) groups excluding carboxylic acids is 2. The van der Waals surface area contributed by atoms with Gasteiger partial charge in [0.25, 0.3) is 5.97 Å². The van der Waals surface area contributed by atoms with Crippen molar-refractivity contribution in [1.82, 2.24) is 5.32 Å². The van der Waals surface area contributed by atoms with Gasteiger partial charge in [-0.25, -0.2) is 0 Å². The highest BCUT2D eigenvalue weighted by atomic mass is 35.5. The maximum Gasteiger partial charge on any atom is 0.300 e. The fourth-order valence-electron chi connectivity index (χ4n) is 1.85. The van der Waals surface area contributed by atoms with Crippen molar-refractivity contribution in [2.75, 3.05) is 82.4 Å². The number of halogens is 1. The second-order valence-electron chi connectivity index (χ2n) is 7.12. The molecule has 0 aromatic carbocycles. The molecule has 0 rings (SSSR count). The summed E-state index contributed by atoms with van der Waals surface area (Å²) in [5.41, 5.74) is 15.9. The van der Waals surface area contributed by atoms with Gasteiger partial charge in [-0.3, -0.25) is 19.5 Å². The van der Waals surface area contributed by atoms with Gasteiger partial charge in [-0.15, -0.1) is 12.4 Å². The first-order valence-corrected chi connectivity index (χ1v) is 19.9. The van der Waals surface area contributed by atoms with Crippen LogP contribution in [0.25, 0.3) is 0 Å². The standard InChI is InChI=1S/C15H30N2O4S2.C4H12N2S2.C2H4O2.CH5NS2.ClH/c1-20-10-11-21-9-3-2-4-14(18)5-6-15(19)17-8-13-23-22-12-7-16;5-1-3-7-8-4-2-6;1-2(3)4;1-4(2)3;/h2-13,16H2,1H3,(H,17,19);1-6H2;1H3,(H,3,4);2H2,1H3;1H. The highest BCUT2D eigenvalue weighted by Gasteiger charge is 2.06. The molecule has 0 heterocycles. The summed E-state index contributed by atoms with van der Waals surface area (Å²) in [6, 6.07) is 0. The fourth-order valence-corrected chi connectivity index (χ4v) is 5.32. The Morgan fingerprint density at radius 2 is 1.30 bits per heavy atom. The Balaban J connectivity index is -0.000000196. The van der Waals surface area contributed by atoms with Crippen molar-refractivity contribution >= 4 is 94.1 Å². The van der Waals surface area contributed by atoms with Crippen molar-refractivity contribution in [1.29, 1.82) is 0 Å². The Morgan fingerprint density at radius 1 is 0.850 bits per heavy atom. The van der Waals surface area contributed by atoms with Gasteiger partial charge in [0.05, 0.1) is 13.2 Å². The number of carboxylic acids is 1. The predicted octanol–water partition coefficient (Wildman–Crippen LogP) is 1.99. The summed E-state index contributed by atoms with van der Waals surface area (Å²) in [5.74, 6) is 3.10. The molecule has 1 amide bonds. The third-order valence-corrected chi connectivity index (χ3v) is 8.25. The summed E-state index contributed by atoms with van der Waals surface area (Å²) in [5, 5.41) is 15.2. The fraction of sp³-hybridized carbons (Fsp3) is 0.864. The Hall–Kier alpha value is 0.630. The second kappa shape index (κ2) is 46.6. The Bertz CT molecular complexity index is 552. The maximum absolute atomic E-state index is 11.7. The van der Waals surface area contributed by atoms with Crippen molar-refractivity contribution in [3.05, 3.63) is 0 Å². The summed E-state index contributed by atoms with van der Waals surface area (Å²) >= 11 is 4.43. The van der Waals surface area contributed by atoms with Crippen LogP contribution >= 0.6 is 55.6 Å². The number of rotatable bonds is 22. The van der Waals surface area contributed by atoms with E-state index in [-0.39, 0.29) is 40.2 Å². The van der Waals surface area contributed by atoms with Crippen LogP contribution in [0.5, 0.6) is 0 Å². The van der Waals surface area contributed by atoms with Gasteiger partial charge in [-0.2, -0.15) is 0 Å². The van der Waals surface area contributed by atoms with Crippen molar-refractivity contribution in [3.63, 3.8) is 0 Å². The number of amides is 1.